The van der Waals surface area contributed by atoms with Gasteiger partial charge in [-0.3, -0.25) is 19.9 Å². The van der Waals surface area contributed by atoms with Gasteiger partial charge >= 0.3 is 0 Å². The second kappa shape index (κ2) is 11.2. The van der Waals surface area contributed by atoms with Crippen LogP contribution in [0.25, 0.3) is 0 Å². The van der Waals surface area contributed by atoms with Gasteiger partial charge in [0.15, 0.2) is 0 Å². The van der Waals surface area contributed by atoms with Crippen molar-refractivity contribution in [3.05, 3.63) is 112 Å². The summed E-state index contributed by atoms with van der Waals surface area (Å²) in [5.74, 6) is 0. The summed E-state index contributed by atoms with van der Waals surface area (Å²) in [5.41, 5.74) is 3.23. The molecule has 0 bridgehead atoms. The number of nitro groups is 1. The molecule has 0 saturated carbocycles. The topological polar surface area (TPSA) is 69.9 Å². The van der Waals surface area contributed by atoms with E-state index < -0.39 is 6.10 Å². The van der Waals surface area contributed by atoms with E-state index in [2.05, 4.69) is 21.9 Å². The Bertz CT molecular complexity index is 978. The van der Waals surface area contributed by atoms with Gasteiger partial charge in [-0.1, -0.05) is 72.8 Å². The van der Waals surface area contributed by atoms with E-state index in [1.807, 2.05) is 60.7 Å². The third-order valence-corrected chi connectivity index (χ3v) is 5.93. The molecule has 0 aliphatic carbocycles. The highest BCUT2D eigenvalue weighted by Crippen LogP contribution is 2.34. The molecule has 168 valence electrons. The zero-order valence-corrected chi connectivity index (χ0v) is 18.6. The molecule has 1 N–H and O–H groups in total. The monoisotopic (exact) mass is 453 g/mol. The summed E-state index contributed by atoms with van der Waals surface area (Å²) in [6.07, 6.45) is -0.607. The Morgan fingerprint density at radius 2 is 1.34 bits per heavy atom. The molecule has 2 unspecified atom stereocenters. The van der Waals surface area contributed by atoms with Gasteiger partial charge in [0.2, 0.25) is 0 Å². The van der Waals surface area contributed by atoms with Crippen molar-refractivity contribution in [3.63, 3.8) is 0 Å². The normalized spacial score (nSPS) is 16.7. The molecule has 1 aliphatic rings. The second-order valence-corrected chi connectivity index (χ2v) is 7.95. The third kappa shape index (κ3) is 5.72. The fourth-order valence-corrected chi connectivity index (χ4v) is 4.26. The predicted molar refractivity (Wildman–Crippen MR) is 128 cm³/mol. The maximum atomic E-state index is 11.2. The minimum absolute atomic E-state index is 0. The van der Waals surface area contributed by atoms with Gasteiger partial charge in [-0.05, 0) is 16.7 Å². The van der Waals surface area contributed by atoms with E-state index >= 15 is 0 Å². The van der Waals surface area contributed by atoms with E-state index in [0.29, 0.717) is 0 Å². The number of rotatable bonds is 7. The van der Waals surface area contributed by atoms with Crippen LogP contribution in [-0.4, -0.2) is 46.0 Å². The Balaban J connectivity index is 0.00000289. The summed E-state index contributed by atoms with van der Waals surface area (Å²) in [6.45, 7) is 4.21. The van der Waals surface area contributed by atoms with Crippen molar-refractivity contribution in [3.8, 4) is 0 Å². The molecule has 0 aromatic heterocycles. The molecule has 1 heterocycles. The van der Waals surface area contributed by atoms with E-state index in [-0.39, 0.29) is 29.1 Å². The molecule has 32 heavy (non-hydrogen) atoms. The molecule has 1 aliphatic heterocycles. The predicted octanol–water partition coefficient (Wildman–Crippen LogP) is 4.61. The molecule has 2 atom stereocenters. The van der Waals surface area contributed by atoms with Crippen LogP contribution in [0, 0.1) is 10.1 Å². The molecule has 7 heteroatoms. The van der Waals surface area contributed by atoms with Crippen LogP contribution in [0.1, 0.15) is 28.8 Å². The maximum Gasteiger partial charge on any atom is 0.269 e. The lowest BCUT2D eigenvalue weighted by Crippen LogP contribution is -2.48. The van der Waals surface area contributed by atoms with E-state index in [0.717, 1.165) is 49.4 Å². The molecule has 6 nitrogen and oxygen atoms in total. The van der Waals surface area contributed by atoms with Crippen LogP contribution in [0.4, 0.5) is 5.69 Å². The van der Waals surface area contributed by atoms with E-state index in [1.54, 1.807) is 12.1 Å². The van der Waals surface area contributed by atoms with Crippen LogP contribution in [0.3, 0.4) is 0 Å². The molecule has 3 aromatic carbocycles. The smallest absolute Gasteiger partial charge is 0.269 e. The number of aliphatic hydroxyl groups is 1. The maximum absolute atomic E-state index is 11.2. The first-order valence-electron chi connectivity index (χ1n) is 10.6. The Kier molecular flexibility index (Phi) is 8.36. The van der Waals surface area contributed by atoms with Crippen LogP contribution in [0.5, 0.6) is 0 Å². The Morgan fingerprint density at radius 3 is 1.88 bits per heavy atom. The van der Waals surface area contributed by atoms with Crippen LogP contribution in [0.15, 0.2) is 84.9 Å². The zero-order valence-electron chi connectivity index (χ0n) is 17.8. The summed E-state index contributed by atoms with van der Waals surface area (Å²) in [6, 6.07) is 26.7. The van der Waals surface area contributed by atoms with Gasteiger partial charge in [-0.2, -0.15) is 0 Å². The number of halogens is 1. The van der Waals surface area contributed by atoms with Gasteiger partial charge < -0.3 is 5.11 Å². The van der Waals surface area contributed by atoms with Gasteiger partial charge in [0.05, 0.1) is 17.1 Å². The number of nitrogens with zero attached hydrogens (tertiary/aromatic N) is 3. The van der Waals surface area contributed by atoms with Crippen molar-refractivity contribution in [1.29, 1.82) is 0 Å². The summed E-state index contributed by atoms with van der Waals surface area (Å²) < 4.78 is 0. The minimum atomic E-state index is -0.607. The molecule has 1 fully saturated rings. The fourth-order valence-electron chi connectivity index (χ4n) is 4.26. The van der Waals surface area contributed by atoms with Gasteiger partial charge in [0.1, 0.15) is 0 Å². The van der Waals surface area contributed by atoms with Crippen molar-refractivity contribution >= 4 is 18.1 Å². The first kappa shape index (κ1) is 23.9. The average Bonchev–Trinajstić information content (AvgIpc) is 2.82. The van der Waals surface area contributed by atoms with Crippen molar-refractivity contribution in [1.82, 2.24) is 9.80 Å². The molecule has 0 spiro atoms. The van der Waals surface area contributed by atoms with Crippen LogP contribution in [-0.2, 0) is 6.54 Å². The van der Waals surface area contributed by atoms with Gasteiger partial charge in [-0.25, -0.2) is 0 Å². The van der Waals surface area contributed by atoms with Crippen molar-refractivity contribution < 1.29 is 10.0 Å². The second-order valence-electron chi connectivity index (χ2n) is 7.95. The molecule has 4 rings (SSSR count). The zero-order chi connectivity index (χ0) is 21.6. The largest absolute Gasteiger partial charge is 0.386 e. The number of benzene rings is 3. The molecule has 0 amide bonds. The number of nitro benzene ring substituents is 1. The van der Waals surface area contributed by atoms with Crippen molar-refractivity contribution in [2.45, 2.75) is 18.7 Å². The number of hydrogen-bond donors (Lipinski definition) is 1. The Hall–Kier alpha value is -2.77. The summed E-state index contributed by atoms with van der Waals surface area (Å²) >= 11 is 0. The minimum Gasteiger partial charge on any atom is -0.386 e. The molecule has 1 saturated heterocycles. The number of piperazine rings is 1. The Labute approximate surface area is 194 Å². The molecular weight excluding hydrogens is 426 g/mol. The summed E-state index contributed by atoms with van der Waals surface area (Å²) in [5, 5.41) is 22.1. The lowest BCUT2D eigenvalue weighted by atomic mass is 9.94. The quantitative estimate of drug-likeness (QED) is 0.418. The van der Waals surface area contributed by atoms with Crippen molar-refractivity contribution in [2.75, 3.05) is 26.2 Å². The van der Waals surface area contributed by atoms with Crippen molar-refractivity contribution in [2.24, 2.45) is 0 Å². The molecule has 0 radical (unpaired) electrons. The van der Waals surface area contributed by atoms with E-state index in [9.17, 15) is 15.2 Å². The Morgan fingerprint density at radius 1 is 0.812 bits per heavy atom. The highest BCUT2D eigenvalue weighted by molar-refractivity contribution is 5.85. The third-order valence-electron chi connectivity index (χ3n) is 5.93. The fraction of sp³-hybridized carbons (Fsp3) is 0.280. The number of aliphatic hydroxyl groups excluding tert-OH is 1. The SMILES string of the molecule is Cl.O=[N+]([O-])c1ccc(CN2CCN(C(c3ccccc3)C(O)c3ccccc3)CC2)cc1. The van der Waals surface area contributed by atoms with Crippen LogP contribution >= 0.6 is 12.4 Å². The molecule has 3 aromatic rings. The molecular formula is C25H28ClN3O3. The van der Waals surface area contributed by atoms with Gasteiger partial charge in [0, 0.05) is 44.9 Å². The van der Waals surface area contributed by atoms with E-state index in [4.69, 9.17) is 0 Å². The average molecular weight is 454 g/mol. The highest BCUT2D eigenvalue weighted by atomic mass is 35.5. The highest BCUT2D eigenvalue weighted by Gasteiger charge is 2.31. The van der Waals surface area contributed by atoms with Gasteiger partial charge in [0.25, 0.3) is 5.69 Å². The first-order valence-corrected chi connectivity index (χ1v) is 10.6. The first-order chi connectivity index (χ1) is 15.1. The van der Waals surface area contributed by atoms with Crippen LogP contribution in [0.2, 0.25) is 0 Å². The lowest BCUT2D eigenvalue weighted by Gasteiger charge is -2.41. The summed E-state index contributed by atoms with van der Waals surface area (Å²) in [4.78, 5) is 15.2. The van der Waals surface area contributed by atoms with Crippen LogP contribution < -0.4 is 0 Å². The lowest BCUT2D eigenvalue weighted by molar-refractivity contribution is -0.384. The summed E-state index contributed by atoms with van der Waals surface area (Å²) in [7, 11) is 0. The van der Waals surface area contributed by atoms with E-state index in [1.165, 1.54) is 0 Å². The van der Waals surface area contributed by atoms with Gasteiger partial charge in [-0.15, -0.1) is 12.4 Å². The standard InChI is InChI=1S/C25H27N3O3.ClH/c29-25(22-9-5-2-6-10-22)24(21-7-3-1-4-8-21)27-17-15-26(16-18-27)19-20-11-13-23(14-12-20)28(30)31;/h1-14,24-25,29H,15-19H2;1H. The number of non-ortho nitro benzene ring substituents is 1. The number of hydrogen-bond acceptors (Lipinski definition) is 5.